The van der Waals surface area contributed by atoms with Crippen molar-refractivity contribution in [2.24, 2.45) is 0 Å². The summed E-state index contributed by atoms with van der Waals surface area (Å²) in [4.78, 5) is 14.8. The van der Waals surface area contributed by atoms with Crippen LogP contribution >= 0.6 is 0 Å². The molecule has 0 bridgehead atoms. The molecular formula is C8H12F2N4O2. The van der Waals surface area contributed by atoms with Crippen LogP contribution < -0.4 is 5.32 Å². The molecule has 0 saturated heterocycles. The largest absolute Gasteiger partial charge is 0.390 e. The minimum absolute atomic E-state index is 0.0326. The summed E-state index contributed by atoms with van der Waals surface area (Å²) >= 11 is 0. The van der Waals surface area contributed by atoms with E-state index in [-0.39, 0.29) is 13.0 Å². The smallest absolute Gasteiger partial charge is 0.287 e. The molecule has 16 heavy (non-hydrogen) atoms. The minimum atomic E-state index is -3.27. The SMILES string of the molecule is O=C(CCn1cncn1)NCC(F)(F)CO. The molecule has 1 aromatic heterocycles. The van der Waals surface area contributed by atoms with Crippen LogP contribution in [0, 0.1) is 0 Å². The van der Waals surface area contributed by atoms with Crippen LogP contribution in [0.2, 0.25) is 0 Å². The summed E-state index contributed by atoms with van der Waals surface area (Å²) in [6, 6.07) is 0. The summed E-state index contributed by atoms with van der Waals surface area (Å²) in [5.41, 5.74) is 0. The second-order valence-electron chi connectivity index (χ2n) is 3.20. The van der Waals surface area contributed by atoms with Crippen LogP contribution in [0.4, 0.5) is 8.78 Å². The van der Waals surface area contributed by atoms with Crippen LogP contribution in [-0.2, 0) is 11.3 Å². The Labute approximate surface area is 90.3 Å². The molecule has 2 N–H and O–H groups in total. The van der Waals surface area contributed by atoms with E-state index < -0.39 is 25.0 Å². The van der Waals surface area contributed by atoms with Crippen molar-refractivity contribution >= 4 is 5.91 Å². The summed E-state index contributed by atoms with van der Waals surface area (Å²) in [5.74, 6) is -3.80. The molecule has 6 nitrogen and oxygen atoms in total. The van der Waals surface area contributed by atoms with Gasteiger partial charge < -0.3 is 10.4 Å². The first-order valence-corrected chi connectivity index (χ1v) is 4.61. The van der Waals surface area contributed by atoms with Gasteiger partial charge in [-0.1, -0.05) is 0 Å². The van der Waals surface area contributed by atoms with Gasteiger partial charge in [-0.05, 0) is 0 Å². The summed E-state index contributed by atoms with van der Waals surface area (Å²) in [7, 11) is 0. The molecule has 8 heteroatoms. The lowest BCUT2D eigenvalue weighted by Crippen LogP contribution is -2.39. The molecule has 0 aromatic carbocycles. The maximum absolute atomic E-state index is 12.5. The van der Waals surface area contributed by atoms with Gasteiger partial charge in [0, 0.05) is 6.42 Å². The Morgan fingerprint density at radius 1 is 1.56 bits per heavy atom. The van der Waals surface area contributed by atoms with Gasteiger partial charge in [0.1, 0.15) is 19.3 Å². The average Bonchev–Trinajstić information content (AvgIpc) is 2.76. The zero-order valence-corrected chi connectivity index (χ0v) is 8.44. The van der Waals surface area contributed by atoms with Crippen LogP contribution in [0.5, 0.6) is 0 Å². The zero-order valence-electron chi connectivity index (χ0n) is 8.44. The van der Waals surface area contributed by atoms with E-state index in [2.05, 4.69) is 10.1 Å². The Morgan fingerprint density at radius 3 is 2.88 bits per heavy atom. The van der Waals surface area contributed by atoms with Gasteiger partial charge in [-0.15, -0.1) is 0 Å². The maximum Gasteiger partial charge on any atom is 0.287 e. The second-order valence-corrected chi connectivity index (χ2v) is 3.20. The standard InChI is InChI=1S/C8H12F2N4O2/c9-8(10,4-15)3-12-7(16)1-2-14-6-11-5-13-14/h5-6,15H,1-4H2,(H,12,16). The molecule has 90 valence electrons. The molecule has 1 aromatic rings. The number of alkyl halides is 2. The van der Waals surface area contributed by atoms with E-state index in [0.717, 1.165) is 0 Å². The topological polar surface area (TPSA) is 80.0 Å². The van der Waals surface area contributed by atoms with E-state index in [9.17, 15) is 13.6 Å². The third kappa shape index (κ3) is 4.30. The number of aliphatic hydroxyl groups is 1. The highest BCUT2D eigenvalue weighted by Crippen LogP contribution is 2.09. The maximum atomic E-state index is 12.5. The Morgan fingerprint density at radius 2 is 2.31 bits per heavy atom. The summed E-state index contributed by atoms with van der Waals surface area (Å²) in [6.45, 7) is -1.87. The van der Waals surface area contributed by atoms with E-state index >= 15 is 0 Å². The van der Waals surface area contributed by atoms with Gasteiger partial charge in [-0.3, -0.25) is 9.48 Å². The lowest BCUT2D eigenvalue weighted by molar-refractivity contribution is -0.124. The quantitative estimate of drug-likeness (QED) is 0.689. The van der Waals surface area contributed by atoms with Gasteiger partial charge in [0.05, 0.1) is 13.1 Å². The predicted molar refractivity (Wildman–Crippen MR) is 49.7 cm³/mol. The van der Waals surface area contributed by atoms with Gasteiger partial charge in [-0.25, -0.2) is 13.8 Å². The molecular weight excluding hydrogens is 222 g/mol. The van der Waals surface area contributed by atoms with Crippen molar-refractivity contribution in [2.75, 3.05) is 13.2 Å². The number of hydrogen-bond donors (Lipinski definition) is 2. The average molecular weight is 234 g/mol. The molecule has 0 radical (unpaired) electrons. The lowest BCUT2D eigenvalue weighted by Gasteiger charge is -2.13. The highest BCUT2D eigenvalue weighted by Gasteiger charge is 2.27. The van der Waals surface area contributed by atoms with Crippen molar-refractivity contribution in [3.63, 3.8) is 0 Å². The first-order valence-electron chi connectivity index (χ1n) is 4.61. The number of aryl methyl sites for hydroxylation is 1. The first kappa shape index (κ1) is 12.5. The Kier molecular flexibility index (Phi) is 4.29. The van der Waals surface area contributed by atoms with Gasteiger partial charge >= 0.3 is 0 Å². The fourth-order valence-electron chi connectivity index (χ4n) is 0.936. The normalized spacial score (nSPS) is 11.4. The van der Waals surface area contributed by atoms with E-state index in [4.69, 9.17) is 5.11 Å². The number of carbonyl (C=O) groups is 1. The monoisotopic (exact) mass is 234 g/mol. The highest BCUT2D eigenvalue weighted by molar-refractivity contribution is 5.75. The summed E-state index contributed by atoms with van der Waals surface area (Å²) in [6.07, 6.45) is 2.78. The number of rotatable bonds is 6. The van der Waals surface area contributed by atoms with Crippen molar-refractivity contribution in [2.45, 2.75) is 18.9 Å². The van der Waals surface area contributed by atoms with E-state index in [1.165, 1.54) is 17.3 Å². The van der Waals surface area contributed by atoms with Crippen LogP contribution in [0.25, 0.3) is 0 Å². The Balaban J connectivity index is 2.21. The lowest BCUT2D eigenvalue weighted by atomic mass is 10.3. The molecule has 1 heterocycles. The van der Waals surface area contributed by atoms with Crippen LogP contribution in [0.15, 0.2) is 12.7 Å². The van der Waals surface area contributed by atoms with Crippen molar-refractivity contribution in [1.29, 1.82) is 0 Å². The van der Waals surface area contributed by atoms with E-state index in [1.54, 1.807) is 0 Å². The van der Waals surface area contributed by atoms with Gasteiger partial charge in [-0.2, -0.15) is 5.10 Å². The summed E-state index contributed by atoms with van der Waals surface area (Å²) < 4.78 is 26.5. The van der Waals surface area contributed by atoms with Crippen LogP contribution in [0.3, 0.4) is 0 Å². The number of nitrogens with one attached hydrogen (secondary N) is 1. The number of amides is 1. The van der Waals surface area contributed by atoms with Crippen molar-refractivity contribution in [3.05, 3.63) is 12.7 Å². The van der Waals surface area contributed by atoms with Gasteiger partial charge in [0.25, 0.3) is 5.92 Å². The van der Waals surface area contributed by atoms with Gasteiger partial charge in [0.15, 0.2) is 0 Å². The molecule has 0 aliphatic rings. The molecule has 0 saturated carbocycles. The second kappa shape index (κ2) is 5.50. The molecule has 0 spiro atoms. The number of aliphatic hydroxyl groups excluding tert-OH is 1. The molecule has 1 amide bonds. The van der Waals surface area contributed by atoms with E-state index in [0.29, 0.717) is 0 Å². The third-order valence-electron chi connectivity index (χ3n) is 1.81. The first-order chi connectivity index (χ1) is 7.53. The predicted octanol–water partition coefficient (Wildman–Crippen LogP) is -0.588. The minimum Gasteiger partial charge on any atom is -0.390 e. The molecule has 0 aliphatic heterocycles. The van der Waals surface area contributed by atoms with Crippen LogP contribution in [-0.4, -0.2) is 44.9 Å². The van der Waals surface area contributed by atoms with Crippen LogP contribution in [0.1, 0.15) is 6.42 Å². The van der Waals surface area contributed by atoms with Gasteiger partial charge in [0.2, 0.25) is 5.91 Å². The van der Waals surface area contributed by atoms with Crippen molar-refractivity contribution < 1.29 is 18.7 Å². The Hall–Kier alpha value is -1.57. The summed E-state index contributed by atoms with van der Waals surface area (Å²) in [5, 5.41) is 14.0. The molecule has 0 atom stereocenters. The number of carbonyl (C=O) groups excluding carboxylic acids is 1. The molecule has 0 aliphatic carbocycles. The Bertz CT molecular complexity index is 329. The fourth-order valence-corrected chi connectivity index (χ4v) is 0.936. The highest BCUT2D eigenvalue weighted by atomic mass is 19.3. The van der Waals surface area contributed by atoms with E-state index in [1.807, 2.05) is 5.32 Å². The third-order valence-corrected chi connectivity index (χ3v) is 1.81. The fraction of sp³-hybridized carbons (Fsp3) is 0.625. The van der Waals surface area contributed by atoms with Crippen molar-refractivity contribution in [3.8, 4) is 0 Å². The number of aromatic nitrogens is 3. The van der Waals surface area contributed by atoms with Crippen molar-refractivity contribution in [1.82, 2.24) is 20.1 Å². The molecule has 0 fully saturated rings. The molecule has 0 unspecified atom stereocenters. The number of nitrogens with zero attached hydrogens (tertiary/aromatic N) is 3. The zero-order chi connectivity index (χ0) is 12.0. The number of halogens is 2. The molecule has 1 rings (SSSR count). The number of hydrogen-bond acceptors (Lipinski definition) is 4.